The number of aliphatic carboxylic acids is 1. The Kier molecular flexibility index (Phi) is 4.86. The van der Waals surface area contributed by atoms with E-state index in [-0.39, 0.29) is 42.1 Å². The number of benzene rings is 2. The molecule has 0 aliphatic carbocycles. The van der Waals surface area contributed by atoms with E-state index in [4.69, 9.17) is 4.74 Å². The van der Waals surface area contributed by atoms with Gasteiger partial charge in [0.05, 0.1) is 0 Å². The maximum absolute atomic E-state index is 10.6. The first-order chi connectivity index (χ1) is 9.25. The molecular weight excluding hydrogens is 263 g/mol. The Morgan fingerprint density at radius 3 is 2.45 bits per heavy atom. The first-order valence-electron chi connectivity index (χ1n) is 6.30. The quantitative estimate of drug-likeness (QED) is 0.698. The molecule has 0 amide bonds. The molecule has 96 valence electrons. The third-order valence-corrected chi connectivity index (χ3v) is 3.36. The van der Waals surface area contributed by atoms with Gasteiger partial charge in [0.25, 0.3) is 0 Å². The summed E-state index contributed by atoms with van der Waals surface area (Å²) in [5.41, 5.74) is 3.22. The minimum atomic E-state index is -1.04. The van der Waals surface area contributed by atoms with Gasteiger partial charge >= 0.3 is 29.6 Å². The fraction of sp³-hybridized carbons (Fsp3) is 0.188. The average molecular weight is 276 g/mol. The number of carboxylic acid groups (broad SMARTS) is 1. The third-order valence-electron chi connectivity index (χ3n) is 3.36. The number of rotatable bonds is 3. The zero-order valence-electron chi connectivity index (χ0n) is 11.3. The van der Waals surface area contributed by atoms with Crippen molar-refractivity contribution < 1.29 is 44.2 Å². The van der Waals surface area contributed by atoms with Crippen molar-refractivity contribution >= 4 is 5.97 Å². The van der Waals surface area contributed by atoms with E-state index < -0.39 is 5.97 Å². The molecule has 0 N–H and O–H groups in total. The van der Waals surface area contributed by atoms with Crippen molar-refractivity contribution in [2.24, 2.45) is 0 Å². The van der Waals surface area contributed by atoms with Gasteiger partial charge in [-0.2, -0.15) is 0 Å². The van der Waals surface area contributed by atoms with E-state index in [1.165, 1.54) is 0 Å². The zero-order valence-corrected chi connectivity index (χ0v) is 13.3. The Morgan fingerprint density at radius 1 is 1.05 bits per heavy atom. The average Bonchev–Trinajstić information content (AvgIpc) is 2.44. The number of carboxylic acids is 1. The van der Waals surface area contributed by atoms with E-state index in [1.807, 2.05) is 48.5 Å². The fourth-order valence-corrected chi connectivity index (χ4v) is 2.50. The Hall–Kier alpha value is -1.29. The van der Waals surface area contributed by atoms with Gasteiger partial charge < -0.3 is 14.6 Å². The molecular formula is C16H13NaO3. The van der Waals surface area contributed by atoms with Crippen LogP contribution in [0.2, 0.25) is 0 Å². The summed E-state index contributed by atoms with van der Waals surface area (Å²) in [7, 11) is 0. The molecule has 0 radical (unpaired) electrons. The molecule has 4 heteroatoms. The van der Waals surface area contributed by atoms with Gasteiger partial charge in [-0.05, 0) is 24.5 Å². The molecule has 0 fully saturated rings. The molecule has 1 unspecified atom stereocenters. The second kappa shape index (κ2) is 6.44. The SMILES string of the molecule is O=C([O-])CCC1Oc2ccccc2-c2ccccc21.[Na+]. The van der Waals surface area contributed by atoms with Crippen LogP contribution < -0.4 is 39.4 Å². The summed E-state index contributed by atoms with van der Waals surface area (Å²) in [6.45, 7) is 0. The molecule has 2 aromatic carbocycles. The van der Waals surface area contributed by atoms with Crippen LogP contribution in [0.15, 0.2) is 48.5 Å². The minimum Gasteiger partial charge on any atom is -0.550 e. The van der Waals surface area contributed by atoms with E-state index in [1.54, 1.807) is 0 Å². The van der Waals surface area contributed by atoms with Gasteiger partial charge in [0, 0.05) is 17.1 Å². The summed E-state index contributed by atoms with van der Waals surface area (Å²) in [4.78, 5) is 10.6. The van der Waals surface area contributed by atoms with Crippen molar-refractivity contribution in [3.8, 4) is 16.9 Å². The molecule has 3 nitrogen and oxygen atoms in total. The number of hydrogen-bond donors (Lipinski definition) is 0. The number of fused-ring (bicyclic) bond motifs is 3. The van der Waals surface area contributed by atoms with Crippen LogP contribution >= 0.6 is 0 Å². The maximum Gasteiger partial charge on any atom is 1.00 e. The van der Waals surface area contributed by atoms with Crippen molar-refractivity contribution in [2.75, 3.05) is 0 Å². The van der Waals surface area contributed by atoms with E-state index in [9.17, 15) is 9.90 Å². The van der Waals surface area contributed by atoms with Crippen molar-refractivity contribution in [1.29, 1.82) is 0 Å². The van der Waals surface area contributed by atoms with Crippen LogP contribution in [0.3, 0.4) is 0 Å². The van der Waals surface area contributed by atoms with Gasteiger partial charge in [-0.3, -0.25) is 0 Å². The topological polar surface area (TPSA) is 49.4 Å². The molecule has 3 rings (SSSR count). The molecule has 0 saturated heterocycles. The Morgan fingerprint density at radius 2 is 1.70 bits per heavy atom. The van der Waals surface area contributed by atoms with Gasteiger partial charge in [0.2, 0.25) is 0 Å². The Balaban J connectivity index is 0.00000147. The van der Waals surface area contributed by atoms with Crippen molar-refractivity contribution in [3.05, 3.63) is 54.1 Å². The zero-order chi connectivity index (χ0) is 13.2. The van der Waals surface area contributed by atoms with E-state index in [2.05, 4.69) is 0 Å². The van der Waals surface area contributed by atoms with Crippen LogP contribution in [0.1, 0.15) is 24.5 Å². The van der Waals surface area contributed by atoms with Crippen molar-refractivity contribution in [3.63, 3.8) is 0 Å². The minimum absolute atomic E-state index is 0. The first kappa shape index (κ1) is 15.1. The predicted octanol–water partition coefficient (Wildman–Crippen LogP) is -0.679. The van der Waals surface area contributed by atoms with Crippen LogP contribution in [0, 0.1) is 0 Å². The summed E-state index contributed by atoms with van der Waals surface area (Å²) in [5, 5.41) is 10.6. The van der Waals surface area contributed by atoms with Gasteiger partial charge in [-0.15, -0.1) is 0 Å². The molecule has 2 aromatic rings. The number of hydrogen-bond acceptors (Lipinski definition) is 3. The van der Waals surface area contributed by atoms with Gasteiger partial charge in [0.15, 0.2) is 0 Å². The van der Waals surface area contributed by atoms with Crippen LogP contribution in [-0.4, -0.2) is 5.97 Å². The summed E-state index contributed by atoms with van der Waals surface area (Å²) in [5.74, 6) is -0.232. The van der Waals surface area contributed by atoms with E-state index in [0.29, 0.717) is 6.42 Å². The summed E-state index contributed by atoms with van der Waals surface area (Å²) in [6.07, 6.45) is 0.207. The number of carbonyl (C=O) groups excluding carboxylic acids is 1. The van der Waals surface area contributed by atoms with E-state index >= 15 is 0 Å². The first-order valence-corrected chi connectivity index (χ1v) is 6.30. The Bertz CT molecular complexity index is 625. The van der Waals surface area contributed by atoms with E-state index in [0.717, 1.165) is 22.4 Å². The van der Waals surface area contributed by atoms with Crippen LogP contribution in [0.4, 0.5) is 0 Å². The second-order valence-corrected chi connectivity index (χ2v) is 4.60. The molecule has 20 heavy (non-hydrogen) atoms. The van der Waals surface area contributed by atoms with Gasteiger partial charge in [-0.1, -0.05) is 42.5 Å². The summed E-state index contributed by atoms with van der Waals surface area (Å²) >= 11 is 0. The van der Waals surface area contributed by atoms with Crippen LogP contribution in [-0.2, 0) is 4.79 Å². The fourth-order valence-electron chi connectivity index (χ4n) is 2.50. The predicted molar refractivity (Wildman–Crippen MR) is 69.5 cm³/mol. The van der Waals surface area contributed by atoms with Crippen LogP contribution in [0.5, 0.6) is 5.75 Å². The molecule has 1 aliphatic heterocycles. The summed E-state index contributed by atoms with van der Waals surface area (Å²) < 4.78 is 5.92. The molecule has 1 atom stereocenters. The number of para-hydroxylation sites is 1. The van der Waals surface area contributed by atoms with Crippen molar-refractivity contribution in [1.82, 2.24) is 0 Å². The largest absolute Gasteiger partial charge is 1.00 e. The molecule has 0 saturated carbocycles. The normalized spacial score (nSPS) is 15.3. The van der Waals surface area contributed by atoms with Crippen LogP contribution in [0.25, 0.3) is 11.1 Å². The van der Waals surface area contributed by atoms with Gasteiger partial charge in [-0.25, -0.2) is 0 Å². The molecule has 0 spiro atoms. The monoisotopic (exact) mass is 276 g/mol. The van der Waals surface area contributed by atoms with Crippen molar-refractivity contribution in [2.45, 2.75) is 18.9 Å². The maximum atomic E-state index is 10.6. The number of carbonyl (C=O) groups is 1. The molecule has 1 heterocycles. The molecule has 1 aliphatic rings. The number of ether oxygens (including phenoxy) is 1. The molecule has 0 aromatic heterocycles. The second-order valence-electron chi connectivity index (χ2n) is 4.60. The standard InChI is InChI=1S/C16H14O3.Na/c17-16(18)10-9-15-13-6-2-1-5-11(13)12-7-3-4-8-14(12)19-15;/h1-8,15H,9-10H2,(H,17,18);/q;+1/p-1. The third kappa shape index (κ3) is 2.90. The smallest absolute Gasteiger partial charge is 0.550 e. The Labute approximate surface area is 139 Å². The molecule has 0 bridgehead atoms. The van der Waals surface area contributed by atoms with Gasteiger partial charge in [0.1, 0.15) is 11.9 Å². The summed E-state index contributed by atoms with van der Waals surface area (Å²) in [6, 6.07) is 15.8.